The summed E-state index contributed by atoms with van der Waals surface area (Å²) < 4.78 is 34.6. The third kappa shape index (κ3) is 30.7. The van der Waals surface area contributed by atoms with Gasteiger partial charge >= 0.3 is 13.8 Å². The second-order valence-electron chi connectivity index (χ2n) is 17.5. The van der Waals surface area contributed by atoms with Crippen LogP contribution in [0.4, 0.5) is 0 Å². The maximum Gasteiger partial charge on any atom is 0.472 e. The van der Waals surface area contributed by atoms with Crippen molar-refractivity contribution >= 4 is 19.6 Å². The van der Waals surface area contributed by atoms with Crippen molar-refractivity contribution in [2.75, 3.05) is 47.5 Å². The number of rotatable bonds is 38. The highest BCUT2D eigenvalue weighted by Gasteiger charge is 2.41. The summed E-state index contributed by atoms with van der Waals surface area (Å²) in [7, 11) is 1.40. The first-order chi connectivity index (χ1) is 28.2. The number of carbonyl (C=O) groups is 2. The van der Waals surface area contributed by atoms with Crippen molar-refractivity contribution in [3.63, 3.8) is 0 Å². The van der Waals surface area contributed by atoms with E-state index in [4.69, 9.17) is 18.5 Å². The zero-order valence-corrected chi connectivity index (χ0v) is 38.5. The van der Waals surface area contributed by atoms with Gasteiger partial charge in [0.25, 0.3) is 0 Å². The van der Waals surface area contributed by atoms with Crippen LogP contribution < -0.4 is 0 Å². The molecule has 0 radical (unpaired) electrons. The molecule has 0 amide bonds. The summed E-state index contributed by atoms with van der Waals surface area (Å²) in [6.07, 6.45) is 28.9. The van der Waals surface area contributed by atoms with Crippen LogP contribution in [0.15, 0.2) is 36.6 Å². The Kier molecular flexibility index (Phi) is 31.5. The molecule has 7 atom stereocenters. The average Bonchev–Trinajstić information content (AvgIpc) is 3.43. The highest BCUT2D eigenvalue weighted by molar-refractivity contribution is 7.47. The molecular formula is C46H85NO11P+. The number of carbonyl (C=O) groups excluding carboxylic acids is 2. The monoisotopic (exact) mass is 859 g/mol. The van der Waals surface area contributed by atoms with Gasteiger partial charge in [0.15, 0.2) is 6.10 Å². The Morgan fingerprint density at radius 3 is 2.00 bits per heavy atom. The van der Waals surface area contributed by atoms with Crippen molar-refractivity contribution in [2.45, 2.75) is 186 Å². The molecule has 1 saturated carbocycles. The van der Waals surface area contributed by atoms with Crippen LogP contribution in [0.3, 0.4) is 0 Å². The normalized spacial score (nSPS) is 20.8. The number of phosphoric acid groups is 1. The zero-order valence-electron chi connectivity index (χ0n) is 37.6. The first-order valence-electron chi connectivity index (χ1n) is 22.9. The number of hydrogen-bond acceptors (Lipinski definition) is 10. The Balaban J connectivity index is 2.50. The van der Waals surface area contributed by atoms with Crippen LogP contribution in [-0.4, -0.2) is 108 Å². The lowest BCUT2D eigenvalue weighted by Gasteiger charge is -2.24. The predicted octanol–water partition coefficient (Wildman–Crippen LogP) is 9.29. The van der Waals surface area contributed by atoms with E-state index in [1.165, 1.54) is 64.2 Å². The second-order valence-corrected chi connectivity index (χ2v) is 18.9. The molecule has 59 heavy (non-hydrogen) atoms. The van der Waals surface area contributed by atoms with Gasteiger partial charge in [-0.15, -0.1) is 0 Å². The Labute approximate surface area is 358 Å². The molecule has 12 nitrogen and oxygen atoms in total. The number of likely N-dealkylation sites (N-methyl/N-ethyl adjacent to an activating group) is 1. The average molecular weight is 859 g/mol. The lowest BCUT2D eigenvalue weighted by atomic mass is 9.87. The van der Waals surface area contributed by atoms with Crippen LogP contribution >= 0.6 is 7.82 Å². The molecule has 0 spiro atoms. The third-order valence-corrected chi connectivity index (χ3v) is 11.7. The van der Waals surface area contributed by atoms with Gasteiger partial charge in [-0.25, -0.2) is 4.57 Å². The molecule has 0 aliphatic heterocycles. The van der Waals surface area contributed by atoms with Gasteiger partial charge in [0.1, 0.15) is 25.5 Å². The smallest absolute Gasteiger partial charge is 0.472 e. The maximum atomic E-state index is 12.9. The van der Waals surface area contributed by atoms with Crippen LogP contribution in [0.1, 0.15) is 162 Å². The fraction of sp³-hybridized carbons (Fsp3) is 0.826. The van der Waals surface area contributed by atoms with E-state index in [1.54, 1.807) is 18.4 Å². The van der Waals surface area contributed by atoms with E-state index >= 15 is 0 Å². The van der Waals surface area contributed by atoms with Gasteiger partial charge in [-0.1, -0.05) is 102 Å². The minimum Gasteiger partial charge on any atom is -0.498 e. The summed E-state index contributed by atoms with van der Waals surface area (Å²) in [6, 6.07) is 0. The number of ketones is 1. The van der Waals surface area contributed by atoms with E-state index < -0.39 is 56.7 Å². The fourth-order valence-electron chi connectivity index (χ4n) is 7.04. The lowest BCUT2D eigenvalue weighted by molar-refractivity contribution is -0.870. The number of allylic oxidation sites excluding steroid dienone is 3. The molecular weight excluding hydrogens is 773 g/mol. The molecule has 0 saturated heterocycles. The van der Waals surface area contributed by atoms with Crippen LogP contribution in [-0.2, 0) is 32.7 Å². The van der Waals surface area contributed by atoms with Crippen molar-refractivity contribution < 1.29 is 57.4 Å². The highest BCUT2D eigenvalue weighted by atomic mass is 31.2. The minimum absolute atomic E-state index is 0.0101. The van der Waals surface area contributed by atoms with E-state index in [2.05, 4.69) is 26.0 Å². The van der Waals surface area contributed by atoms with Gasteiger partial charge in [0.05, 0.1) is 52.3 Å². The summed E-state index contributed by atoms with van der Waals surface area (Å²) in [5.74, 6) is -1.47. The first kappa shape index (κ1) is 55.1. The Bertz CT molecular complexity index is 1220. The number of Topliss-reactive ketones (excluding diaryl/α,β-unsaturated/α-hetero) is 1. The van der Waals surface area contributed by atoms with E-state index in [0.717, 1.165) is 38.5 Å². The van der Waals surface area contributed by atoms with E-state index in [9.17, 15) is 34.4 Å². The minimum atomic E-state index is -4.40. The van der Waals surface area contributed by atoms with Crippen LogP contribution in [0.25, 0.3) is 0 Å². The molecule has 0 aromatic heterocycles. The van der Waals surface area contributed by atoms with Gasteiger partial charge in [0.2, 0.25) is 0 Å². The molecule has 1 fully saturated rings. The van der Waals surface area contributed by atoms with Gasteiger partial charge in [0, 0.05) is 37.5 Å². The van der Waals surface area contributed by atoms with E-state index in [1.807, 2.05) is 27.2 Å². The third-order valence-electron chi connectivity index (χ3n) is 10.7. The Morgan fingerprint density at radius 2 is 1.36 bits per heavy atom. The summed E-state index contributed by atoms with van der Waals surface area (Å²) in [4.78, 5) is 35.9. The van der Waals surface area contributed by atoms with Crippen LogP contribution in [0, 0.1) is 11.8 Å². The number of aliphatic hydroxyl groups is 3. The molecule has 1 rings (SSSR count). The van der Waals surface area contributed by atoms with Gasteiger partial charge in [-0.05, 0) is 63.9 Å². The maximum absolute atomic E-state index is 12.9. The number of ether oxygens (including phenoxy) is 2. The van der Waals surface area contributed by atoms with Crippen LogP contribution in [0.2, 0.25) is 0 Å². The number of unbranched alkanes of at least 4 members (excludes halogenated alkanes) is 14. The van der Waals surface area contributed by atoms with Crippen molar-refractivity contribution in [1.82, 2.24) is 0 Å². The highest BCUT2D eigenvalue weighted by Crippen LogP contribution is 2.43. The van der Waals surface area contributed by atoms with Gasteiger partial charge in [-0.3, -0.25) is 18.6 Å². The molecule has 1 aliphatic rings. The van der Waals surface area contributed by atoms with Crippen molar-refractivity contribution in [2.24, 2.45) is 11.8 Å². The molecule has 1 aliphatic carbocycles. The predicted molar refractivity (Wildman–Crippen MR) is 235 cm³/mol. The van der Waals surface area contributed by atoms with Crippen molar-refractivity contribution in [3.05, 3.63) is 36.6 Å². The molecule has 1 unspecified atom stereocenters. The summed E-state index contributed by atoms with van der Waals surface area (Å²) in [5, 5.41) is 31.4. The van der Waals surface area contributed by atoms with Gasteiger partial charge in [-0.2, -0.15) is 0 Å². The SMILES string of the molecule is CCCCCC/C=C\CCCCCCCC/C=C/OC[C@H](COP(=O)(O)OCC[N+](C)(C)C)OC(=O)CCCCC(=O)C[C@@H]1[C@@H](/C=C/[C@@H](O)CCCCC)[C@H](O)C[C@@H]1O. The zero-order chi connectivity index (χ0) is 43.8. The quantitative estimate of drug-likeness (QED) is 0.0117. The molecule has 13 heteroatoms. The van der Waals surface area contributed by atoms with Crippen LogP contribution in [0.5, 0.6) is 0 Å². The van der Waals surface area contributed by atoms with E-state index in [-0.39, 0.29) is 44.7 Å². The molecule has 344 valence electrons. The second kappa shape index (κ2) is 33.7. The lowest BCUT2D eigenvalue weighted by Crippen LogP contribution is -2.37. The Morgan fingerprint density at radius 1 is 0.763 bits per heavy atom. The number of esters is 1. The van der Waals surface area contributed by atoms with Crippen molar-refractivity contribution in [3.8, 4) is 0 Å². The first-order valence-corrected chi connectivity index (χ1v) is 24.4. The Hall–Kier alpha value is -1.89. The number of hydrogen-bond donors (Lipinski definition) is 4. The van der Waals surface area contributed by atoms with Crippen molar-refractivity contribution in [1.29, 1.82) is 0 Å². The summed E-state index contributed by atoms with van der Waals surface area (Å²) in [5.41, 5.74) is 0. The summed E-state index contributed by atoms with van der Waals surface area (Å²) >= 11 is 0. The van der Waals surface area contributed by atoms with Gasteiger partial charge < -0.3 is 34.2 Å². The number of aliphatic hydroxyl groups excluding tert-OH is 3. The molecule has 0 aromatic rings. The topological polar surface area (TPSA) is 169 Å². The number of phosphoric ester groups is 1. The molecule has 0 heterocycles. The fourth-order valence-corrected chi connectivity index (χ4v) is 7.78. The number of quaternary nitrogens is 1. The molecule has 4 N–H and O–H groups in total. The summed E-state index contributed by atoms with van der Waals surface area (Å²) in [6.45, 7) is 4.36. The molecule has 0 aromatic carbocycles. The standard InChI is InChI=1S/C46H84NO11P/c1-6-8-10-11-12-13-14-15-16-17-18-19-20-21-22-26-33-55-37-41(38-57-59(53,54)56-34-32-47(3,4)5)58-46(52)29-25-24-28-40(49)35-43-42(44(50)36-45(43)51)31-30-39(48)27-23-9-7-2/h13-14,26,30-31,33,39,41-45,48,50-51H,6-12,15-25,27-29,32,34-38H2,1-5H3/p+1/b14-13-,31-30+,33-26+/t39-,41+,42+,43+,44+,45-/m0/s1. The largest absolute Gasteiger partial charge is 0.498 e. The number of nitrogens with zero attached hydrogens (tertiary/aromatic N) is 1. The van der Waals surface area contributed by atoms with E-state index in [0.29, 0.717) is 30.3 Å². The molecule has 0 bridgehead atoms.